The van der Waals surface area contributed by atoms with E-state index in [1.807, 2.05) is 36.4 Å². The number of carbonyl (C=O) groups is 3. The van der Waals surface area contributed by atoms with Crippen LogP contribution in [0.4, 0.5) is 5.69 Å². The van der Waals surface area contributed by atoms with E-state index in [0.717, 1.165) is 40.0 Å². The average Bonchev–Trinajstić information content (AvgIpc) is 3.71. The Hall–Kier alpha value is -4.74. The van der Waals surface area contributed by atoms with Crippen molar-refractivity contribution >= 4 is 36.4 Å². The van der Waals surface area contributed by atoms with Crippen LogP contribution in [0.1, 0.15) is 51.9 Å². The molecule has 12 nitrogen and oxygen atoms in total. The molecule has 0 bridgehead atoms. The van der Waals surface area contributed by atoms with Gasteiger partial charge in [-0.1, -0.05) is 12.1 Å². The number of carbonyl (C=O) groups excluding carboxylic acids is 3. The quantitative estimate of drug-likeness (QED) is 0.125. The van der Waals surface area contributed by atoms with Crippen molar-refractivity contribution < 1.29 is 38.0 Å². The SMILES string of the molecule is N#Cc1ccc(Oc2ccc3c(c2)CO[B]3)cc1CCOCCOCCOCCCNc1cccc2c1CN(C1CCC(=O)NC1=O)C2=O. The fourth-order valence-corrected chi connectivity index (χ4v) is 6.06. The van der Waals surface area contributed by atoms with Crippen molar-refractivity contribution in [3.05, 3.63) is 82.4 Å². The first kappa shape index (κ1) is 34.1. The number of nitriles is 1. The molecule has 1 saturated heterocycles. The van der Waals surface area contributed by atoms with Crippen molar-refractivity contribution in [3.63, 3.8) is 0 Å². The number of nitrogens with one attached hydrogen (secondary N) is 2. The lowest BCUT2D eigenvalue weighted by Gasteiger charge is -2.29. The molecule has 13 heteroatoms. The third-order valence-electron chi connectivity index (χ3n) is 8.62. The van der Waals surface area contributed by atoms with E-state index in [4.69, 9.17) is 23.6 Å². The van der Waals surface area contributed by atoms with Crippen LogP contribution < -0.4 is 20.8 Å². The monoisotopic (exact) mass is 665 g/mol. The summed E-state index contributed by atoms with van der Waals surface area (Å²) >= 11 is 0. The fourth-order valence-electron chi connectivity index (χ4n) is 6.06. The van der Waals surface area contributed by atoms with Gasteiger partial charge in [0.1, 0.15) is 17.5 Å². The predicted octanol–water partition coefficient (Wildman–Crippen LogP) is 2.98. The Morgan fingerprint density at radius 2 is 1.73 bits per heavy atom. The van der Waals surface area contributed by atoms with Gasteiger partial charge in [-0.3, -0.25) is 19.7 Å². The van der Waals surface area contributed by atoms with Crippen LogP contribution in [0, 0.1) is 11.3 Å². The first-order valence-electron chi connectivity index (χ1n) is 16.5. The molecule has 3 heterocycles. The second kappa shape index (κ2) is 16.6. The highest BCUT2D eigenvalue weighted by atomic mass is 16.5. The van der Waals surface area contributed by atoms with Gasteiger partial charge in [-0.05, 0) is 78.3 Å². The van der Waals surface area contributed by atoms with E-state index in [2.05, 4.69) is 16.7 Å². The summed E-state index contributed by atoms with van der Waals surface area (Å²) in [5, 5.41) is 15.3. The lowest BCUT2D eigenvalue weighted by molar-refractivity contribution is -0.136. The van der Waals surface area contributed by atoms with Crippen molar-refractivity contribution in [1.82, 2.24) is 10.2 Å². The summed E-state index contributed by atoms with van der Waals surface area (Å²) in [5.74, 6) is 0.478. The molecule has 0 spiro atoms. The molecule has 49 heavy (non-hydrogen) atoms. The van der Waals surface area contributed by atoms with E-state index in [-0.39, 0.29) is 18.2 Å². The molecule has 3 amide bonds. The van der Waals surface area contributed by atoms with Gasteiger partial charge in [-0.2, -0.15) is 5.26 Å². The third-order valence-corrected chi connectivity index (χ3v) is 8.62. The zero-order valence-corrected chi connectivity index (χ0v) is 27.2. The zero-order chi connectivity index (χ0) is 34.0. The van der Waals surface area contributed by atoms with Crippen LogP contribution in [0.25, 0.3) is 0 Å². The zero-order valence-electron chi connectivity index (χ0n) is 27.2. The maximum Gasteiger partial charge on any atom is 0.330 e. The Bertz CT molecular complexity index is 1730. The van der Waals surface area contributed by atoms with Crippen LogP contribution in [-0.2, 0) is 48.0 Å². The van der Waals surface area contributed by atoms with Crippen LogP contribution in [0.15, 0.2) is 54.6 Å². The van der Waals surface area contributed by atoms with Crippen molar-refractivity contribution in [1.29, 1.82) is 5.26 Å². The molecule has 3 aliphatic heterocycles. The number of ether oxygens (including phenoxy) is 4. The standard InChI is InChI=1S/C36H38BN4O8/c38-21-25-5-6-27(49-28-7-8-31-26(20-28)23-48-37-31)19-24(25)11-14-46-16-18-47-17-15-45-13-2-12-39-32-4-1-3-29-30(32)22-41(36(29)44)33-9-10-34(42)40-35(33)43/h1,3-8,19-20,33,39H,2,9-18,22-23H2,(H,40,42,43). The highest BCUT2D eigenvalue weighted by Crippen LogP contribution is 2.32. The minimum absolute atomic E-state index is 0.188. The van der Waals surface area contributed by atoms with Crippen LogP contribution >= 0.6 is 0 Å². The van der Waals surface area contributed by atoms with Gasteiger partial charge in [0.05, 0.1) is 51.3 Å². The van der Waals surface area contributed by atoms with Crippen LogP contribution in [-0.4, -0.2) is 82.3 Å². The van der Waals surface area contributed by atoms with E-state index in [0.29, 0.717) is 89.1 Å². The molecule has 1 radical (unpaired) electrons. The number of anilines is 1. The molecule has 2 N–H and O–H groups in total. The minimum atomic E-state index is -0.634. The molecule has 3 aromatic rings. The van der Waals surface area contributed by atoms with Crippen molar-refractivity contribution in [2.45, 2.75) is 44.9 Å². The minimum Gasteiger partial charge on any atom is -0.457 e. The number of imide groups is 1. The number of amides is 3. The Morgan fingerprint density at radius 3 is 2.55 bits per heavy atom. The number of fused-ring (bicyclic) bond motifs is 2. The summed E-state index contributed by atoms with van der Waals surface area (Å²) in [6, 6.07) is 18.4. The Morgan fingerprint density at radius 1 is 0.959 bits per heavy atom. The summed E-state index contributed by atoms with van der Waals surface area (Å²) in [4.78, 5) is 38.4. The molecule has 1 fully saturated rings. The summed E-state index contributed by atoms with van der Waals surface area (Å²) in [7, 11) is 1.74. The van der Waals surface area contributed by atoms with E-state index < -0.39 is 11.9 Å². The Labute approximate surface area is 285 Å². The summed E-state index contributed by atoms with van der Waals surface area (Å²) in [5.41, 5.74) is 5.90. The van der Waals surface area contributed by atoms with E-state index in [1.54, 1.807) is 30.6 Å². The van der Waals surface area contributed by atoms with E-state index in [9.17, 15) is 19.6 Å². The van der Waals surface area contributed by atoms with Gasteiger partial charge in [-0.25, -0.2) is 0 Å². The van der Waals surface area contributed by atoms with Crippen LogP contribution in [0.2, 0.25) is 0 Å². The molecule has 1 unspecified atom stereocenters. The van der Waals surface area contributed by atoms with Gasteiger partial charge in [-0.15, -0.1) is 0 Å². The molecule has 0 aromatic heterocycles. The topological polar surface area (TPSA) is 148 Å². The number of rotatable bonds is 17. The highest BCUT2D eigenvalue weighted by molar-refractivity contribution is 6.48. The number of piperidine rings is 1. The van der Waals surface area contributed by atoms with Crippen molar-refractivity contribution in [3.8, 4) is 17.6 Å². The molecule has 1 atom stereocenters. The second-order valence-electron chi connectivity index (χ2n) is 11.9. The lowest BCUT2D eigenvalue weighted by Crippen LogP contribution is -2.52. The van der Waals surface area contributed by atoms with Crippen LogP contribution in [0.3, 0.4) is 0 Å². The van der Waals surface area contributed by atoms with Gasteiger partial charge in [0.15, 0.2) is 0 Å². The maximum atomic E-state index is 13.0. The van der Waals surface area contributed by atoms with Crippen molar-refractivity contribution in [2.24, 2.45) is 0 Å². The van der Waals surface area contributed by atoms with Gasteiger partial charge >= 0.3 is 7.48 Å². The van der Waals surface area contributed by atoms with Gasteiger partial charge in [0.2, 0.25) is 11.8 Å². The predicted molar refractivity (Wildman–Crippen MR) is 180 cm³/mol. The molecular weight excluding hydrogens is 627 g/mol. The van der Waals surface area contributed by atoms with Gasteiger partial charge in [0, 0.05) is 42.9 Å². The number of benzene rings is 3. The molecule has 0 saturated carbocycles. The molecule has 6 rings (SSSR count). The Balaban J connectivity index is 0.819. The summed E-state index contributed by atoms with van der Waals surface area (Å²) < 4.78 is 28.4. The molecular formula is C36H38BN4O8. The fraction of sp³-hybridized carbons (Fsp3) is 0.389. The first-order chi connectivity index (χ1) is 24.0. The first-order valence-corrected chi connectivity index (χ1v) is 16.5. The largest absolute Gasteiger partial charge is 0.457 e. The van der Waals surface area contributed by atoms with E-state index in [1.165, 1.54) is 0 Å². The lowest BCUT2D eigenvalue weighted by atomic mass is 9.87. The van der Waals surface area contributed by atoms with Gasteiger partial charge < -0.3 is 33.8 Å². The third kappa shape index (κ3) is 8.65. The average molecular weight is 666 g/mol. The smallest absolute Gasteiger partial charge is 0.330 e. The number of hydrogen-bond donors (Lipinski definition) is 2. The van der Waals surface area contributed by atoms with Crippen LogP contribution in [0.5, 0.6) is 11.5 Å². The second-order valence-corrected chi connectivity index (χ2v) is 11.9. The highest BCUT2D eigenvalue weighted by Gasteiger charge is 2.39. The van der Waals surface area contributed by atoms with E-state index >= 15 is 0 Å². The normalized spacial score (nSPS) is 16.5. The van der Waals surface area contributed by atoms with Gasteiger partial charge in [0.25, 0.3) is 5.91 Å². The Kier molecular flexibility index (Phi) is 11.6. The maximum absolute atomic E-state index is 13.0. The van der Waals surface area contributed by atoms with Crippen molar-refractivity contribution in [2.75, 3.05) is 51.5 Å². The molecule has 253 valence electrons. The summed E-state index contributed by atoms with van der Waals surface area (Å²) in [6.07, 6.45) is 1.90. The summed E-state index contributed by atoms with van der Waals surface area (Å²) in [6.45, 7) is 4.30. The number of nitrogens with zero attached hydrogens (tertiary/aromatic N) is 2. The number of hydrogen-bond acceptors (Lipinski definition) is 10. The molecule has 3 aromatic carbocycles. The molecule has 0 aliphatic carbocycles. The molecule has 3 aliphatic rings.